The third kappa shape index (κ3) is 46.3. The third-order valence-electron chi connectivity index (χ3n) is 10.8. The Labute approximate surface area is 365 Å². The largest absolute Gasteiger partial charge is 0.462 e. The van der Waals surface area contributed by atoms with Gasteiger partial charge in [0.2, 0.25) is 0 Å². The molecule has 0 aliphatic rings. The highest BCUT2D eigenvalue weighted by Gasteiger charge is 2.19. The van der Waals surface area contributed by atoms with Gasteiger partial charge in [-0.1, -0.05) is 223 Å². The summed E-state index contributed by atoms with van der Waals surface area (Å²) in [5, 5.41) is 0. The van der Waals surface area contributed by atoms with Gasteiger partial charge in [-0.05, 0) is 57.8 Å². The maximum Gasteiger partial charge on any atom is 0.306 e. The van der Waals surface area contributed by atoms with Crippen LogP contribution < -0.4 is 0 Å². The zero-order valence-electron chi connectivity index (χ0n) is 39.0. The van der Waals surface area contributed by atoms with E-state index in [0.29, 0.717) is 19.3 Å². The Morgan fingerprint density at radius 3 is 1.03 bits per heavy atom. The molecule has 59 heavy (non-hydrogen) atoms. The predicted molar refractivity (Wildman–Crippen MR) is 252 cm³/mol. The highest BCUT2D eigenvalue weighted by molar-refractivity contribution is 5.71. The van der Waals surface area contributed by atoms with Gasteiger partial charge in [-0.15, -0.1) is 0 Å². The van der Waals surface area contributed by atoms with Crippen LogP contribution in [0.5, 0.6) is 0 Å². The summed E-state index contributed by atoms with van der Waals surface area (Å²) >= 11 is 0. The molecular weight excluding hydrogens is 733 g/mol. The van der Waals surface area contributed by atoms with E-state index >= 15 is 0 Å². The van der Waals surface area contributed by atoms with Crippen LogP contribution >= 0.6 is 0 Å². The number of hydrogen-bond donors (Lipinski definition) is 0. The van der Waals surface area contributed by atoms with Crippen molar-refractivity contribution >= 4 is 17.9 Å². The molecule has 0 saturated carbocycles. The molecule has 0 bridgehead atoms. The summed E-state index contributed by atoms with van der Waals surface area (Å²) in [5.74, 6) is -0.886. The Morgan fingerprint density at radius 1 is 0.356 bits per heavy atom. The minimum atomic E-state index is -0.761. The van der Waals surface area contributed by atoms with Crippen LogP contribution in [0.25, 0.3) is 0 Å². The number of allylic oxidation sites excluding steroid dienone is 8. The molecule has 0 aromatic rings. The maximum absolute atomic E-state index is 12.5. The average molecular weight is 827 g/mol. The second-order valence-electron chi connectivity index (χ2n) is 16.7. The van der Waals surface area contributed by atoms with Crippen LogP contribution in [0.4, 0.5) is 0 Å². The summed E-state index contributed by atoms with van der Waals surface area (Å²) < 4.78 is 16.6. The summed E-state index contributed by atoms with van der Waals surface area (Å²) in [5.41, 5.74) is 0. The van der Waals surface area contributed by atoms with Crippen LogP contribution in [0.2, 0.25) is 0 Å². The summed E-state index contributed by atoms with van der Waals surface area (Å²) in [4.78, 5) is 37.4. The molecule has 6 nitrogen and oxygen atoms in total. The summed E-state index contributed by atoms with van der Waals surface area (Å²) in [6, 6.07) is 0. The fraction of sp³-hybridized carbons (Fsp3) is 0.792. The van der Waals surface area contributed by atoms with Crippen molar-refractivity contribution in [2.45, 2.75) is 258 Å². The molecule has 0 rings (SSSR count). The summed E-state index contributed by atoms with van der Waals surface area (Å²) in [7, 11) is 0. The molecule has 0 aromatic heterocycles. The van der Waals surface area contributed by atoms with Gasteiger partial charge in [0.25, 0.3) is 0 Å². The van der Waals surface area contributed by atoms with Gasteiger partial charge in [0.15, 0.2) is 6.10 Å². The van der Waals surface area contributed by atoms with Gasteiger partial charge >= 0.3 is 17.9 Å². The molecule has 0 saturated heterocycles. The standard InChI is InChI=1S/C53H94O6/c1-4-7-10-13-16-17-18-19-20-21-22-23-24-25-26-27-28-29-30-31-32-33-34-35-36-37-38-41-43-46-52(55)58-49-50(59-53(56)47-44-40-15-12-9-6-3)48-57-51(54)45-42-39-14-11-8-5-2/h7,10,16-17,19-20,22-23,50H,4-6,8-9,11-15,18,21,24-49H2,1-3H3/b10-7-,17-16-,20-19-,23-22-. The zero-order valence-corrected chi connectivity index (χ0v) is 39.0. The van der Waals surface area contributed by atoms with Crippen LogP contribution in [0, 0.1) is 0 Å². The molecule has 0 aliphatic carbocycles. The SMILES string of the molecule is CC/C=C\C/C=C\C/C=C\C/C=C\CCCCCCCCCCCCCCCCCCC(=O)OCC(COC(=O)CCCCCCCC)OC(=O)CCCCCCCC. The molecule has 1 unspecified atom stereocenters. The Morgan fingerprint density at radius 2 is 0.661 bits per heavy atom. The minimum absolute atomic E-state index is 0.0703. The molecule has 0 amide bonds. The molecule has 0 heterocycles. The smallest absolute Gasteiger partial charge is 0.306 e. The molecule has 0 fully saturated rings. The van der Waals surface area contributed by atoms with Gasteiger partial charge in [0.1, 0.15) is 13.2 Å². The van der Waals surface area contributed by atoms with E-state index in [1.807, 2.05) is 0 Å². The van der Waals surface area contributed by atoms with Crippen LogP contribution in [-0.2, 0) is 28.6 Å². The number of ether oxygens (including phenoxy) is 3. The summed E-state index contributed by atoms with van der Waals surface area (Å²) in [6.45, 7) is 6.41. The number of esters is 3. The number of carbonyl (C=O) groups is 3. The Balaban J connectivity index is 3.86. The zero-order chi connectivity index (χ0) is 43.0. The first-order valence-electron chi connectivity index (χ1n) is 25.1. The monoisotopic (exact) mass is 827 g/mol. The maximum atomic E-state index is 12.5. The van der Waals surface area contributed by atoms with Crippen molar-refractivity contribution in [1.29, 1.82) is 0 Å². The third-order valence-corrected chi connectivity index (χ3v) is 10.8. The van der Waals surface area contributed by atoms with Gasteiger partial charge in [0, 0.05) is 19.3 Å². The van der Waals surface area contributed by atoms with Crippen molar-refractivity contribution in [3.8, 4) is 0 Å². The first-order valence-corrected chi connectivity index (χ1v) is 25.1. The lowest BCUT2D eigenvalue weighted by Gasteiger charge is -2.18. The first-order chi connectivity index (χ1) is 29.0. The Hall–Kier alpha value is -2.63. The molecule has 0 N–H and O–H groups in total. The van der Waals surface area contributed by atoms with Crippen molar-refractivity contribution in [2.75, 3.05) is 13.2 Å². The molecule has 342 valence electrons. The van der Waals surface area contributed by atoms with Gasteiger partial charge in [0.05, 0.1) is 0 Å². The molecular formula is C53H94O6. The van der Waals surface area contributed by atoms with Gasteiger partial charge in [-0.3, -0.25) is 14.4 Å². The van der Waals surface area contributed by atoms with Crippen LogP contribution in [0.3, 0.4) is 0 Å². The second-order valence-corrected chi connectivity index (χ2v) is 16.7. The van der Waals surface area contributed by atoms with Crippen molar-refractivity contribution in [1.82, 2.24) is 0 Å². The van der Waals surface area contributed by atoms with E-state index in [-0.39, 0.29) is 31.1 Å². The van der Waals surface area contributed by atoms with E-state index in [4.69, 9.17) is 14.2 Å². The number of hydrogen-bond acceptors (Lipinski definition) is 6. The lowest BCUT2D eigenvalue weighted by molar-refractivity contribution is -0.167. The van der Waals surface area contributed by atoms with E-state index < -0.39 is 6.10 Å². The lowest BCUT2D eigenvalue weighted by atomic mass is 10.0. The van der Waals surface area contributed by atoms with E-state index in [1.165, 1.54) is 128 Å². The van der Waals surface area contributed by atoms with Crippen LogP contribution in [-0.4, -0.2) is 37.2 Å². The van der Waals surface area contributed by atoms with Gasteiger partial charge < -0.3 is 14.2 Å². The quantitative estimate of drug-likeness (QED) is 0.0263. The van der Waals surface area contributed by atoms with Crippen molar-refractivity contribution in [3.63, 3.8) is 0 Å². The normalized spacial score (nSPS) is 12.4. The van der Waals surface area contributed by atoms with Crippen LogP contribution in [0.1, 0.15) is 252 Å². The van der Waals surface area contributed by atoms with Crippen molar-refractivity contribution in [2.24, 2.45) is 0 Å². The molecule has 0 aromatic carbocycles. The highest BCUT2D eigenvalue weighted by atomic mass is 16.6. The molecule has 6 heteroatoms. The number of rotatable bonds is 45. The fourth-order valence-electron chi connectivity index (χ4n) is 7.08. The summed E-state index contributed by atoms with van der Waals surface area (Å²) in [6.07, 6.45) is 57.4. The molecule has 0 radical (unpaired) electrons. The van der Waals surface area contributed by atoms with E-state index in [2.05, 4.69) is 69.4 Å². The lowest BCUT2D eigenvalue weighted by Crippen LogP contribution is -2.30. The Kier molecular flexibility index (Phi) is 45.9. The van der Waals surface area contributed by atoms with E-state index in [0.717, 1.165) is 83.5 Å². The van der Waals surface area contributed by atoms with Gasteiger partial charge in [-0.2, -0.15) is 0 Å². The molecule has 0 spiro atoms. The topological polar surface area (TPSA) is 78.9 Å². The predicted octanol–water partition coefficient (Wildman–Crippen LogP) is 16.3. The van der Waals surface area contributed by atoms with E-state index in [9.17, 15) is 14.4 Å². The van der Waals surface area contributed by atoms with Crippen molar-refractivity contribution in [3.05, 3.63) is 48.6 Å². The Bertz CT molecular complexity index is 1040. The second kappa shape index (κ2) is 48.0. The molecule has 1 atom stereocenters. The van der Waals surface area contributed by atoms with Crippen molar-refractivity contribution < 1.29 is 28.6 Å². The molecule has 0 aliphatic heterocycles. The average Bonchev–Trinajstić information content (AvgIpc) is 3.23. The van der Waals surface area contributed by atoms with E-state index in [1.54, 1.807) is 0 Å². The van der Waals surface area contributed by atoms with Crippen LogP contribution in [0.15, 0.2) is 48.6 Å². The number of carbonyl (C=O) groups excluding carboxylic acids is 3. The first kappa shape index (κ1) is 56.4. The minimum Gasteiger partial charge on any atom is -0.462 e. The van der Waals surface area contributed by atoms with Gasteiger partial charge in [-0.25, -0.2) is 0 Å². The highest BCUT2D eigenvalue weighted by Crippen LogP contribution is 2.16. The fourth-order valence-corrected chi connectivity index (χ4v) is 7.08. The number of unbranched alkanes of at least 4 members (excludes halogenated alkanes) is 26.